The maximum absolute atomic E-state index is 12.9. The van der Waals surface area contributed by atoms with Crippen LogP contribution in [0.25, 0.3) is 0 Å². The van der Waals surface area contributed by atoms with Crippen molar-refractivity contribution in [2.45, 2.75) is 31.7 Å². The summed E-state index contributed by atoms with van der Waals surface area (Å²) in [4.78, 5) is 55.2. The Kier molecular flexibility index (Phi) is 8.69. The summed E-state index contributed by atoms with van der Waals surface area (Å²) in [6, 6.07) is -0.990. The van der Waals surface area contributed by atoms with Crippen molar-refractivity contribution >= 4 is 57.7 Å². The number of aromatic nitrogens is 1. The van der Waals surface area contributed by atoms with Crippen LogP contribution in [0.4, 0.5) is 5.13 Å². The summed E-state index contributed by atoms with van der Waals surface area (Å²) in [5.41, 5.74) is 5.72. The number of methoxy groups -OCH3 is 1. The number of hydrogen-bond donors (Lipinski definition) is 3. The van der Waals surface area contributed by atoms with Crippen molar-refractivity contribution in [1.29, 1.82) is 0 Å². The van der Waals surface area contributed by atoms with Crippen LogP contribution in [0.15, 0.2) is 21.8 Å². The van der Waals surface area contributed by atoms with Gasteiger partial charge in [-0.25, -0.2) is 9.78 Å². The number of hydrogen-bond acceptors (Lipinski definition) is 13. The zero-order valence-electron chi connectivity index (χ0n) is 19.2. The first-order chi connectivity index (χ1) is 16.7. The lowest BCUT2D eigenvalue weighted by atomic mass is 10.0. The number of esters is 2. The third-order valence-electron chi connectivity index (χ3n) is 4.91. The molecule has 1 unspecified atom stereocenters. The maximum Gasteiger partial charge on any atom is 0.358 e. The van der Waals surface area contributed by atoms with Crippen molar-refractivity contribution in [2.75, 3.05) is 32.0 Å². The molecule has 2 aliphatic heterocycles. The van der Waals surface area contributed by atoms with E-state index in [1.807, 2.05) is 13.8 Å². The molecule has 190 valence electrons. The fraction of sp³-hybridized carbons (Fsp3) is 0.500. The molecular weight excluding hydrogens is 502 g/mol. The molecule has 0 aliphatic carbocycles. The van der Waals surface area contributed by atoms with E-state index in [-0.39, 0.29) is 35.5 Å². The van der Waals surface area contributed by atoms with Gasteiger partial charge in [-0.1, -0.05) is 19.0 Å². The molecule has 1 aromatic heterocycles. The van der Waals surface area contributed by atoms with Gasteiger partial charge in [0.1, 0.15) is 22.8 Å². The van der Waals surface area contributed by atoms with Gasteiger partial charge in [0.25, 0.3) is 11.8 Å². The number of β-lactam (4-membered cyclic amide) rings is 1. The van der Waals surface area contributed by atoms with Crippen LogP contribution in [0, 0.1) is 5.92 Å². The first-order valence-corrected chi connectivity index (χ1v) is 12.3. The van der Waals surface area contributed by atoms with Crippen LogP contribution < -0.4 is 11.1 Å². The molecule has 4 N–H and O–H groups in total. The van der Waals surface area contributed by atoms with Crippen LogP contribution in [0.2, 0.25) is 0 Å². The molecule has 2 atom stereocenters. The number of ether oxygens (including phenoxy) is 3. The molecule has 1 fully saturated rings. The number of thiazole rings is 1. The van der Waals surface area contributed by atoms with Gasteiger partial charge >= 0.3 is 11.9 Å². The monoisotopic (exact) mass is 527 g/mol. The molecule has 0 aromatic carbocycles. The van der Waals surface area contributed by atoms with E-state index < -0.39 is 47.7 Å². The van der Waals surface area contributed by atoms with Gasteiger partial charge in [-0.3, -0.25) is 19.3 Å². The second-order valence-corrected chi connectivity index (χ2v) is 9.92. The van der Waals surface area contributed by atoms with E-state index in [4.69, 9.17) is 19.9 Å². The van der Waals surface area contributed by atoms with Gasteiger partial charge in [0.2, 0.25) is 6.79 Å². The highest BCUT2D eigenvalue weighted by Gasteiger charge is 2.54. The van der Waals surface area contributed by atoms with Gasteiger partial charge < -0.3 is 30.5 Å². The number of nitrogens with two attached hydrogens (primary N) is 1. The van der Waals surface area contributed by atoms with Gasteiger partial charge in [-0.15, -0.1) is 23.1 Å². The minimum Gasteiger partial charge on any atom is -0.428 e. The Bertz CT molecular complexity index is 1070. The molecule has 1 saturated heterocycles. The Labute approximate surface area is 208 Å². The predicted molar refractivity (Wildman–Crippen MR) is 125 cm³/mol. The summed E-state index contributed by atoms with van der Waals surface area (Å²) in [6.07, 6.45) is 0.173. The number of carbonyl (C=O) groups is 4. The molecule has 2 amide bonds. The smallest absolute Gasteiger partial charge is 0.358 e. The van der Waals surface area contributed by atoms with Crippen molar-refractivity contribution in [3.05, 3.63) is 22.3 Å². The molecule has 15 heteroatoms. The number of rotatable bonds is 10. The van der Waals surface area contributed by atoms with E-state index >= 15 is 0 Å². The summed E-state index contributed by atoms with van der Waals surface area (Å²) >= 11 is 2.37. The molecule has 2 aliphatic rings. The summed E-state index contributed by atoms with van der Waals surface area (Å²) in [7, 11) is 1.45. The molecule has 1 aromatic rings. The number of nitrogen functional groups attached to an aromatic ring is 1. The lowest BCUT2D eigenvalue weighted by molar-refractivity contribution is -0.168. The SMILES string of the molecule is COCC1=C(C(=O)OCOC(=O)CC(C)C)N2C(=O)C(NC(=O)C(=NO)c3csc(N)n3)[C@@H]2SC1. The minimum atomic E-state index is -0.990. The fourth-order valence-electron chi connectivity index (χ4n) is 3.39. The minimum absolute atomic E-state index is 0.0191. The van der Waals surface area contributed by atoms with Gasteiger partial charge in [0, 0.05) is 24.7 Å². The first-order valence-electron chi connectivity index (χ1n) is 10.4. The predicted octanol–water partition coefficient (Wildman–Crippen LogP) is 0.294. The largest absolute Gasteiger partial charge is 0.428 e. The van der Waals surface area contributed by atoms with E-state index in [9.17, 15) is 24.4 Å². The van der Waals surface area contributed by atoms with Gasteiger partial charge in [-0.2, -0.15) is 0 Å². The zero-order chi connectivity index (χ0) is 25.7. The van der Waals surface area contributed by atoms with E-state index in [0.717, 1.165) is 11.3 Å². The Hall–Kier alpha value is -3.17. The fourth-order valence-corrected chi connectivity index (χ4v) is 5.26. The van der Waals surface area contributed by atoms with E-state index in [2.05, 4.69) is 15.5 Å². The van der Waals surface area contributed by atoms with E-state index in [1.165, 1.54) is 29.2 Å². The Morgan fingerprint density at radius 3 is 2.71 bits per heavy atom. The second kappa shape index (κ2) is 11.5. The lowest BCUT2D eigenvalue weighted by Crippen LogP contribution is -2.71. The van der Waals surface area contributed by atoms with Crippen LogP contribution in [0.3, 0.4) is 0 Å². The number of anilines is 1. The van der Waals surface area contributed by atoms with Crippen molar-refractivity contribution in [3.8, 4) is 0 Å². The topological polar surface area (TPSA) is 183 Å². The van der Waals surface area contributed by atoms with E-state index in [1.54, 1.807) is 0 Å². The highest BCUT2D eigenvalue weighted by molar-refractivity contribution is 8.00. The number of carbonyl (C=O) groups excluding carboxylic acids is 4. The van der Waals surface area contributed by atoms with Crippen LogP contribution in [-0.4, -0.2) is 82.2 Å². The van der Waals surface area contributed by atoms with Crippen LogP contribution >= 0.6 is 23.1 Å². The van der Waals surface area contributed by atoms with Crippen molar-refractivity contribution < 1.29 is 38.6 Å². The van der Waals surface area contributed by atoms with Crippen molar-refractivity contribution in [3.63, 3.8) is 0 Å². The Balaban J connectivity index is 1.69. The molecule has 3 rings (SSSR count). The van der Waals surface area contributed by atoms with Gasteiger partial charge in [0.05, 0.1) is 6.61 Å². The number of thioether (sulfide) groups is 1. The molecule has 35 heavy (non-hydrogen) atoms. The van der Waals surface area contributed by atoms with Crippen LogP contribution in [0.1, 0.15) is 26.0 Å². The molecular formula is C20H25N5O8S2. The summed E-state index contributed by atoms with van der Waals surface area (Å²) in [6.45, 7) is 3.18. The lowest BCUT2D eigenvalue weighted by Gasteiger charge is -2.49. The molecule has 13 nitrogen and oxygen atoms in total. The number of fused-ring (bicyclic) bond motifs is 1. The Morgan fingerprint density at radius 1 is 1.37 bits per heavy atom. The average Bonchev–Trinajstić information content (AvgIpc) is 3.22. The van der Waals surface area contributed by atoms with Gasteiger partial charge in [0.15, 0.2) is 10.8 Å². The number of oxime groups is 1. The quantitative estimate of drug-likeness (QED) is 0.0949. The van der Waals surface area contributed by atoms with Crippen molar-refractivity contribution in [1.82, 2.24) is 15.2 Å². The third-order valence-corrected chi connectivity index (χ3v) is 6.92. The normalized spacial score (nSPS) is 19.8. The molecule has 0 radical (unpaired) electrons. The summed E-state index contributed by atoms with van der Waals surface area (Å²) < 4.78 is 15.2. The second-order valence-electron chi connectivity index (χ2n) is 7.93. The zero-order valence-corrected chi connectivity index (χ0v) is 20.8. The maximum atomic E-state index is 12.9. The first kappa shape index (κ1) is 26.4. The average molecular weight is 528 g/mol. The number of nitrogens with one attached hydrogen (secondary N) is 1. The molecule has 0 bridgehead atoms. The standard InChI is InChI=1S/C20H25N5O8S2/c1-9(2)4-12(26)32-8-33-19(29)15-10(5-31-3)6-34-18-14(17(28)25(15)18)23-16(27)13(24-30)11-7-35-20(21)22-11/h7,9,14,18,30H,4-6,8H2,1-3H3,(H2,21,22)(H,23,27)/t14?,18-/m0/s1. The van der Waals surface area contributed by atoms with E-state index in [0.29, 0.717) is 11.3 Å². The molecule has 0 spiro atoms. The number of nitrogens with zero attached hydrogens (tertiary/aromatic N) is 3. The van der Waals surface area contributed by atoms with Crippen LogP contribution in [-0.2, 0) is 33.4 Å². The van der Waals surface area contributed by atoms with Gasteiger partial charge in [-0.05, 0) is 11.5 Å². The summed E-state index contributed by atoms with van der Waals surface area (Å²) in [5.74, 6) is -2.35. The number of amides is 2. The third kappa shape index (κ3) is 5.91. The highest BCUT2D eigenvalue weighted by Crippen LogP contribution is 2.40. The molecule has 3 heterocycles. The Morgan fingerprint density at radius 2 is 2.11 bits per heavy atom. The molecule has 0 saturated carbocycles. The van der Waals surface area contributed by atoms with Crippen LogP contribution in [0.5, 0.6) is 0 Å². The summed E-state index contributed by atoms with van der Waals surface area (Å²) in [5, 5.41) is 15.8. The highest BCUT2D eigenvalue weighted by atomic mass is 32.2. The van der Waals surface area contributed by atoms with Crippen molar-refractivity contribution in [2.24, 2.45) is 11.1 Å².